The predicted molar refractivity (Wildman–Crippen MR) is 91.9 cm³/mol. The van der Waals surface area contributed by atoms with Gasteiger partial charge < -0.3 is 15.6 Å². The molecule has 2 amide bonds. The molecule has 1 saturated heterocycles. The smallest absolute Gasteiger partial charge is 0.251 e. The second-order valence-corrected chi connectivity index (χ2v) is 6.13. The van der Waals surface area contributed by atoms with Crippen molar-refractivity contribution in [1.82, 2.24) is 14.8 Å². The van der Waals surface area contributed by atoms with Gasteiger partial charge in [0.2, 0.25) is 5.91 Å². The summed E-state index contributed by atoms with van der Waals surface area (Å²) in [6, 6.07) is 11.6. The number of nitrogens with two attached hydrogens (primary N) is 1. The molecule has 1 aliphatic heterocycles. The fraction of sp³-hybridized carbons (Fsp3) is 0.333. The molecule has 2 aromatic rings. The van der Waals surface area contributed by atoms with Gasteiger partial charge in [0.05, 0.1) is 6.54 Å². The number of nitrogens with one attached hydrogen (secondary N) is 1. The van der Waals surface area contributed by atoms with Crippen LogP contribution in [0.2, 0.25) is 0 Å². The molecule has 1 fully saturated rings. The first-order valence-corrected chi connectivity index (χ1v) is 8.17. The number of carbonyl (C=O) groups excluding carboxylic acids is 2. The van der Waals surface area contributed by atoms with E-state index in [9.17, 15) is 9.59 Å². The third kappa shape index (κ3) is 4.02. The second kappa shape index (κ2) is 7.31. The lowest BCUT2D eigenvalue weighted by Gasteiger charge is -2.31. The van der Waals surface area contributed by atoms with Crippen LogP contribution in [-0.2, 0) is 4.79 Å². The van der Waals surface area contributed by atoms with E-state index in [2.05, 4.69) is 5.32 Å². The highest BCUT2D eigenvalue weighted by molar-refractivity contribution is 5.94. The van der Waals surface area contributed by atoms with E-state index in [4.69, 9.17) is 5.73 Å². The number of hydrogen-bond donors (Lipinski definition) is 2. The van der Waals surface area contributed by atoms with Gasteiger partial charge in [0, 0.05) is 42.8 Å². The van der Waals surface area contributed by atoms with Crippen LogP contribution in [0.4, 0.5) is 0 Å². The van der Waals surface area contributed by atoms with Gasteiger partial charge in [0.25, 0.3) is 5.91 Å². The molecule has 0 unspecified atom stereocenters. The molecule has 6 heteroatoms. The number of hydrogen-bond acceptors (Lipinski definition) is 3. The van der Waals surface area contributed by atoms with E-state index in [1.807, 2.05) is 58.3 Å². The normalized spacial score (nSPS) is 16.0. The van der Waals surface area contributed by atoms with E-state index in [-0.39, 0.29) is 17.9 Å². The van der Waals surface area contributed by atoms with Crippen molar-refractivity contribution >= 4 is 11.8 Å². The van der Waals surface area contributed by atoms with Crippen LogP contribution in [0.25, 0.3) is 5.69 Å². The lowest BCUT2D eigenvalue weighted by molar-refractivity contribution is -0.119. The molecule has 0 spiro atoms. The Balaban J connectivity index is 1.53. The molecular formula is C18H22N4O2. The topological polar surface area (TPSA) is 80.4 Å². The highest BCUT2D eigenvalue weighted by Gasteiger charge is 2.21. The number of aromatic nitrogens is 1. The Kier molecular flexibility index (Phi) is 4.96. The van der Waals surface area contributed by atoms with E-state index in [1.165, 1.54) is 0 Å². The van der Waals surface area contributed by atoms with Crippen molar-refractivity contribution in [2.24, 2.45) is 5.73 Å². The monoisotopic (exact) mass is 326 g/mol. The molecule has 126 valence electrons. The predicted octanol–water partition coefficient (Wildman–Crippen LogP) is 1.16. The maximum atomic E-state index is 12.4. The molecule has 1 aromatic carbocycles. The van der Waals surface area contributed by atoms with Crippen LogP contribution in [0.5, 0.6) is 0 Å². The van der Waals surface area contributed by atoms with Crippen molar-refractivity contribution in [2.75, 3.05) is 19.6 Å². The standard InChI is InChI=1S/C18H22N4O2/c19-17(23)13-21-11-7-15(8-12-21)20-18(24)14-3-5-16(6-4-14)22-9-1-2-10-22/h1-6,9-10,15H,7-8,11-13H2,(H2,19,23)(H,20,24). The van der Waals surface area contributed by atoms with Crippen LogP contribution in [0.3, 0.4) is 0 Å². The Bertz CT molecular complexity index is 686. The van der Waals surface area contributed by atoms with Crippen LogP contribution in [0, 0.1) is 0 Å². The fourth-order valence-electron chi connectivity index (χ4n) is 3.02. The van der Waals surface area contributed by atoms with Gasteiger partial charge in [-0.25, -0.2) is 0 Å². The molecule has 1 aliphatic rings. The second-order valence-electron chi connectivity index (χ2n) is 6.13. The Morgan fingerprint density at radius 1 is 1.08 bits per heavy atom. The number of primary amides is 1. The summed E-state index contributed by atoms with van der Waals surface area (Å²) in [7, 11) is 0. The van der Waals surface area contributed by atoms with Crippen molar-refractivity contribution in [3.63, 3.8) is 0 Å². The maximum Gasteiger partial charge on any atom is 0.251 e. The van der Waals surface area contributed by atoms with Gasteiger partial charge in [-0.1, -0.05) is 0 Å². The molecule has 6 nitrogen and oxygen atoms in total. The summed E-state index contributed by atoms with van der Waals surface area (Å²) in [5, 5.41) is 3.07. The van der Waals surface area contributed by atoms with E-state index in [1.54, 1.807) is 0 Å². The number of rotatable bonds is 5. The average Bonchev–Trinajstić information content (AvgIpc) is 3.11. The van der Waals surface area contributed by atoms with Gasteiger partial charge in [-0.2, -0.15) is 0 Å². The number of carbonyl (C=O) groups is 2. The van der Waals surface area contributed by atoms with Crippen LogP contribution < -0.4 is 11.1 Å². The summed E-state index contributed by atoms with van der Waals surface area (Å²) >= 11 is 0. The average molecular weight is 326 g/mol. The summed E-state index contributed by atoms with van der Waals surface area (Å²) in [4.78, 5) is 25.3. The maximum absolute atomic E-state index is 12.4. The molecular weight excluding hydrogens is 304 g/mol. The summed E-state index contributed by atoms with van der Waals surface area (Å²) in [6.45, 7) is 1.85. The summed E-state index contributed by atoms with van der Waals surface area (Å²) < 4.78 is 2.00. The number of amides is 2. The number of likely N-dealkylation sites (tertiary alicyclic amines) is 1. The molecule has 2 heterocycles. The lowest BCUT2D eigenvalue weighted by Crippen LogP contribution is -2.46. The van der Waals surface area contributed by atoms with Crippen LogP contribution in [-0.4, -0.2) is 47.0 Å². The number of benzene rings is 1. The Morgan fingerprint density at radius 3 is 2.29 bits per heavy atom. The van der Waals surface area contributed by atoms with Crippen LogP contribution in [0.1, 0.15) is 23.2 Å². The third-order valence-corrected chi connectivity index (χ3v) is 4.33. The highest BCUT2D eigenvalue weighted by atomic mass is 16.2. The minimum absolute atomic E-state index is 0.0533. The molecule has 0 radical (unpaired) electrons. The van der Waals surface area contributed by atoms with Crippen molar-refractivity contribution < 1.29 is 9.59 Å². The summed E-state index contributed by atoms with van der Waals surface area (Å²) in [6.07, 6.45) is 5.60. The molecule has 0 saturated carbocycles. The van der Waals surface area contributed by atoms with Crippen molar-refractivity contribution in [3.05, 3.63) is 54.4 Å². The van der Waals surface area contributed by atoms with Gasteiger partial charge in [-0.05, 0) is 49.2 Å². The SMILES string of the molecule is NC(=O)CN1CCC(NC(=O)c2ccc(-n3cccc3)cc2)CC1. The quantitative estimate of drug-likeness (QED) is 0.865. The van der Waals surface area contributed by atoms with Gasteiger partial charge in [0.1, 0.15) is 0 Å². The van der Waals surface area contributed by atoms with E-state index < -0.39 is 0 Å². The zero-order valence-electron chi connectivity index (χ0n) is 13.5. The first-order valence-electron chi connectivity index (χ1n) is 8.17. The van der Waals surface area contributed by atoms with Gasteiger partial charge in [-0.15, -0.1) is 0 Å². The lowest BCUT2D eigenvalue weighted by atomic mass is 10.0. The fourth-order valence-corrected chi connectivity index (χ4v) is 3.02. The van der Waals surface area contributed by atoms with E-state index in [0.717, 1.165) is 31.6 Å². The van der Waals surface area contributed by atoms with Gasteiger partial charge in [-0.3, -0.25) is 14.5 Å². The van der Waals surface area contributed by atoms with Crippen LogP contribution >= 0.6 is 0 Å². The largest absolute Gasteiger partial charge is 0.369 e. The zero-order chi connectivity index (χ0) is 16.9. The van der Waals surface area contributed by atoms with Gasteiger partial charge >= 0.3 is 0 Å². The van der Waals surface area contributed by atoms with Crippen molar-refractivity contribution in [3.8, 4) is 5.69 Å². The molecule has 24 heavy (non-hydrogen) atoms. The van der Waals surface area contributed by atoms with Gasteiger partial charge in [0.15, 0.2) is 0 Å². The number of nitrogens with zero attached hydrogens (tertiary/aromatic N) is 2. The molecule has 3 N–H and O–H groups in total. The minimum Gasteiger partial charge on any atom is -0.369 e. The molecule has 0 atom stereocenters. The Labute approximate surface area is 141 Å². The summed E-state index contributed by atoms with van der Waals surface area (Å²) in [5.41, 5.74) is 6.89. The Hall–Kier alpha value is -2.60. The van der Waals surface area contributed by atoms with E-state index >= 15 is 0 Å². The first-order chi connectivity index (χ1) is 11.6. The van der Waals surface area contributed by atoms with Crippen LogP contribution in [0.15, 0.2) is 48.8 Å². The zero-order valence-corrected chi connectivity index (χ0v) is 13.5. The highest BCUT2D eigenvalue weighted by Crippen LogP contribution is 2.13. The molecule has 1 aromatic heterocycles. The number of piperidine rings is 1. The molecule has 0 aliphatic carbocycles. The Morgan fingerprint density at radius 2 is 1.71 bits per heavy atom. The molecule has 3 rings (SSSR count). The third-order valence-electron chi connectivity index (χ3n) is 4.33. The summed E-state index contributed by atoms with van der Waals surface area (Å²) in [5.74, 6) is -0.359. The van der Waals surface area contributed by atoms with E-state index in [0.29, 0.717) is 12.1 Å². The first kappa shape index (κ1) is 16.3. The van der Waals surface area contributed by atoms with Crippen molar-refractivity contribution in [2.45, 2.75) is 18.9 Å². The molecule has 0 bridgehead atoms. The van der Waals surface area contributed by atoms with Crippen molar-refractivity contribution in [1.29, 1.82) is 0 Å². The minimum atomic E-state index is -0.305.